The molecule has 33 heavy (non-hydrogen) atoms. The van der Waals surface area contributed by atoms with Crippen LogP contribution < -0.4 is 0 Å². The zero-order chi connectivity index (χ0) is 22.5. The molecular weight excluding hydrogens is 412 g/mol. The summed E-state index contributed by atoms with van der Waals surface area (Å²) in [6.07, 6.45) is 13.2. The van der Waals surface area contributed by atoms with Crippen LogP contribution in [-0.4, -0.2) is 30.6 Å². The van der Waals surface area contributed by atoms with E-state index in [4.69, 9.17) is 14.2 Å². The Balaban J connectivity index is 0.988. The Kier molecular flexibility index (Phi) is 5.05. The van der Waals surface area contributed by atoms with Gasteiger partial charge >= 0.3 is 5.97 Å². The van der Waals surface area contributed by atoms with Gasteiger partial charge in [0.1, 0.15) is 0 Å². The van der Waals surface area contributed by atoms with Crippen LogP contribution in [0.1, 0.15) is 85.0 Å². The molecule has 0 aromatic heterocycles. The van der Waals surface area contributed by atoms with E-state index in [1.54, 1.807) is 0 Å². The van der Waals surface area contributed by atoms with Crippen LogP contribution in [0.25, 0.3) is 0 Å². The second-order valence-corrected chi connectivity index (χ2v) is 13.1. The molecule has 0 N–H and O–H groups in total. The summed E-state index contributed by atoms with van der Waals surface area (Å²) in [4.78, 5) is 13.2. The first-order chi connectivity index (χ1) is 16.1. The number of hydrogen-bond donors (Lipinski definition) is 0. The smallest absolute Gasteiger partial charge is 0.311 e. The summed E-state index contributed by atoms with van der Waals surface area (Å²) in [5.74, 6) is 7.91. The molecule has 184 valence electrons. The summed E-state index contributed by atoms with van der Waals surface area (Å²) in [5, 5.41) is 0. The average Bonchev–Trinajstić information content (AvgIpc) is 3.66. The van der Waals surface area contributed by atoms with Gasteiger partial charge in [0, 0.05) is 0 Å². The molecule has 0 radical (unpaired) electrons. The molecule has 0 spiro atoms. The summed E-state index contributed by atoms with van der Waals surface area (Å²) < 4.78 is 18.9. The molecule has 7 fully saturated rings. The van der Waals surface area contributed by atoms with Gasteiger partial charge in [-0.05, 0) is 123 Å². The van der Waals surface area contributed by atoms with Gasteiger partial charge in [-0.3, -0.25) is 4.79 Å². The number of hydrogen-bond acceptors (Lipinski definition) is 4. The maximum atomic E-state index is 13.2. The van der Waals surface area contributed by atoms with Gasteiger partial charge in [0.15, 0.2) is 6.79 Å². The van der Waals surface area contributed by atoms with Gasteiger partial charge in [-0.15, -0.1) is 0 Å². The number of fused-ring (bicyclic) bond motifs is 14. The Hall–Kier alpha value is -0.610. The van der Waals surface area contributed by atoms with Crippen LogP contribution in [-0.2, 0) is 19.0 Å². The Morgan fingerprint density at radius 1 is 0.848 bits per heavy atom. The third-order valence-corrected chi connectivity index (χ3v) is 12.5. The molecule has 7 rings (SSSR count). The highest BCUT2D eigenvalue weighted by Crippen LogP contribution is 2.71. The second kappa shape index (κ2) is 7.69. The molecular formula is C29H44O4. The molecule has 0 aromatic rings. The first-order valence-electron chi connectivity index (χ1n) is 14.5. The minimum atomic E-state index is -0.0304. The fraction of sp³-hybridized carbons (Fsp3) is 0.966. The predicted octanol–water partition coefficient (Wildman–Crippen LogP) is 5.83. The van der Waals surface area contributed by atoms with E-state index in [2.05, 4.69) is 20.8 Å². The van der Waals surface area contributed by atoms with Crippen LogP contribution in [0.5, 0.6) is 0 Å². The van der Waals surface area contributed by atoms with E-state index in [0.29, 0.717) is 41.8 Å². The molecule has 14 unspecified atom stereocenters. The van der Waals surface area contributed by atoms with Crippen LogP contribution in [0.15, 0.2) is 0 Å². The van der Waals surface area contributed by atoms with E-state index in [-0.39, 0.29) is 24.3 Å². The first-order valence-corrected chi connectivity index (χ1v) is 14.5. The first kappa shape index (κ1) is 21.7. The van der Waals surface area contributed by atoms with Crippen LogP contribution in [0.4, 0.5) is 0 Å². The minimum Gasteiger partial charge on any atom is -0.438 e. The van der Waals surface area contributed by atoms with Gasteiger partial charge in [-0.1, -0.05) is 20.8 Å². The number of carbonyl (C=O) groups is 1. The molecule has 14 atom stereocenters. The summed E-state index contributed by atoms with van der Waals surface area (Å²) in [7, 11) is 0. The standard InChI is InChI=1S/C29H44O4/c1-4-22-26-17-10-19(27(26)23(5-2)33-22)20(11-17)28(30)31-14-32-29(6-3)13-18-12-21(29)25-16-8-7-15(9-16)24(18)25/h15-27H,4-14H2,1-3H3. The average molecular weight is 457 g/mol. The molecule has 0 aromatic carbocycles. The molecule has 7 aliphatic rings. The molecule has 6 saturated carbocycles. The Bertz CT molecular complexity index is 796. The van der Waals surface area contributed by atoms with Crippen molar-refractivity contribution in [2.75, 3.05) is 6.79 Å². The van der Waals surface area contributed by atoms with Crippen molar-refractivity contribution >= 4 is 5.97 Å². The lowest BCUT2D eigenvalue weighted by Gasteiger charge is -2.45. The van der Waals surface area contributed by atoms with Gasteiger partial charge in [0.2, 0.25) is 0 Å². The summed E-state index contributed by atoms with van der Waals surface area (Å²) >= 11 is 0. The van der Waals surface area contributed by atoms with Gasteiger partial charge < -0.3 is 14.2 Å². The highest BCUT2D eigenvalue weighted by Gasteiger charge is 2.67. The van der Waals surface area contributed by atoms with Crippen molar-refractivity contribution in [3.63, 3.8) is 0 Å². The molecule has 6 bridgehead atoms. The lowest BCUT2D eigenvalue weighted by molar-refractivity contribution is -0.196. The van der Waals surface area contributed by atoms with Gasteiger partial charge in [-0.2, -0.15) is 0 Å². The Morgan fingerprint density at radius 3 is 2.36 bits per heavy atom. The maximum Gasteiger partial charge on any atom is 0.311 e. The van der Waals surface area contributed by atoms with Crippen LogP contribution in [0.2, 0.25) is 0 Å². The van der Waals surface area contributed by atoms with E-state index in [9.17, 15) is 4.79 Å². The number of ether oxygens (including phenoxy) is 3. The van der Waals surface area contributed by atoms with Crippen LogP contribution in [0.3, 0.4) is 0 Å². The maximum absolute atomic E-state index is 13.2. The lowest BCUT2D eigenvalue weighted by atomic mass is 9.65. The van der Waals surface area contributed by atoms with E-state index in [0.717, 1.165) is 55.3 Å². The highest BCUT2D eigenvalue weighted by molar-refractivity contribution is 5.73. The third kappa shape index (κ3) is 2.86. The fourth-order valence-corrected chi connectivity index (χ4v) is 11.6. The Labute approximate surface area is 199 Å². The molecule has 0 amide bonds. The molecule has 1 aliphatic heterocycles. The predicted molar refractivity (Wildman–Crippen MR) is 125 cm³/mol. The summed E-state index contributed by atoms with van der Waals surface area (Å²) in [6, 6.07) is 0. The molecule has 6 aliphatic carbocycles. The molecule has 1 heterocycles. The number of carbonyl (C=O) groups excluding carboxylic acids is 1. The van der Waals surface area contributed by atoms with Crippen molar-refractivity contribution in [3.8, 4) is 0 Å². The zero-order valence-electron chi connectivity index (χ0n) is 20.9. The number of rotatable bonds is 7. The van der Waals surface area contributed by atoms with E-state index >= 15 is 0 Å². The highest BCUT2D eigenvalue weighted by atomic mass is 16.7. The van der Waals surface area contributed by atoms with Crippen LogP contribution in [0, 0.1) is 65.1 Å². The minimum absolute atomic E-state index is 0.0166. The number of esters is 1. The second-order valence-electron chi connectivity index (χ2n) is 13.1. The van der Waals surface area contributed by atoms with Crippen molar-refractivity contribution in [1.29, 1.82) is 0 Å². The summed E-state index contributed by atoms with van der Waals surface area (Å²) in [5.41, 5.74) is -0.0304. The molecule has 1 saturated heterocycles. The van der Waals surface area contributed by atoms with E-state index < -0.39 is 0 Å². The van der Waals surface area contributed by atoms with Gasteiger partial charge in [0.05, 0.1) is 23.7 Å². The molecule has 4 nitrogen and oxygen atoms in total. The largest absolute Gasteiger partial charge is 0.438 e. The van der Waals surface area contributed by atoms with Crippen LogP contribution >= 0.6 is 0 Å². The quantitative estimate of drug-likeness (QED) is 0.275. The zero-order valence-corrected chi connectivity index (χ0v) is 20.9. The van der Waals surface area contributed by atoms with Crippen molar-refractivity contribution in [2.45, 2.75) is 103 Å². The topological polar surface area (TPSA) is 44.8 Å². The van der Waals surface area contributed by atoms with Gasteiger partial charge in [-0.25, -0.2) is 0 Å². The lowest BCUT2D eigenvalue weighted by Crippen LogP contribution is -2.47. The fourth-order valence-electron chi connectivity index (χ4n) is 11.6. The van der Waals surface area contributed by atoms with Crippen molar-refractivity contribution in [2.24, 2.45) is 65.1 Å². The van der Waals surface area contributed by atoms with E-state index in [1.165, 1.54) is 38.5 Å². The molecule has 4 heteroatoms. The van der Waals surface area contributed by atoms with Crippen molar-refractivity contribution in [1.82, 2.24) is 0 Å². The van der Waals surface area contributed by atoms with E-state index in [1.807, 2.05) is 0 Å². The Morgan fingerprint density at radius 2 is 1.61 bits per heavy atom. The van der Waals surface area contributed by atoms with Crippen molar-refractivity contribution in [3.05, 3.63) is 0 Å². The summed E-state index contributed by atoms with van der Waals surface area (Å²) in [6.45, 7) is 6.98. The normalized spacial score (nSPS) is 57.1. The van der Waals surface area contributed by atoms with Gasteiger partial charge in [0.25, 0.3) is 0 Å². The monoisotopic (exact) mass is 456 g/mol. The van der Waals surface area contributed by atoms with Crippen molar-refractivity contribution < 1.29 is 19.0 Å². The third-order valence-electron chi connectivity index (χ3n) is 12.5. The SMILES string of the molecule is CCC1OC(CC)C2C3CC(CC3C(=O)OCOC3(CC)CC4CC3C3C5CCC(C5)C43)C12.